The van der Waals surface area contributed by atoms with Crippen LogP contribution in [0, 0.1) is 17.8 Å². The van der Waals surface area contributed by atoms with Gasteiger partial charge >= 0.3 is 47.3 Å². The van der Waals surface area contributed by atoms with Crippen molar-refractivity contribution >= 4 is 55.0 Å². The second kappa shape index (κ2) is 38.5. The molecule has 7 N–H and O–H groups in total. The molecule has 509 valence electrons. The second-order valence-corrected chi connectivity index (χ2v) is 25.6. The average molecular weight is 1320 g/mol. The van der Waals surface area contributed by atoms with Crippen LogP contribution in [-0.4, -0.2) is 154 Å². The molecule has 0 saturated carbocycles. The summed E-state index contributed by atoms with van der Waals surface area (Å²) in [6.45, 7) is 13.4. The number of benzene rings is 3. The summed E-state index contributed by atoms with van der Waals surface area (Å²) in [5.74, 6) is -10.0. The number of likely N-dealkylation sites (tertiary alicyclic amines) is 1. The maximum absolute atomic E-state index is 14.9. The summed E-state index contributed by atoms with van der Waals surface area (Å²) in [5, 5.41) is 14.5. The molecule has 24 heteroatoms. The maximum Gasteiger partial charge on any atom is 1.00 e. The standard InChI is InChI=1S/C26H35F2N5O2.C17H26F2N2.C17H24F2N2.C10H12N2O3.B.Na.H/c1-5-18-14-21(15-30-23(18)29)31-24(34)25(35)33-16-17(2)9-10-22(33)19-7-6-8-20(13-19)26(27,28)11-12-32(3)4;2*1-13-7-8-16(20-12-13)14-5-4-6-15(11-14)17(18,19)9-10-21(2)3;1-2-7-3-6(5-12-9(7)11)4-8(13)10(14)15;;;/h6-8,13-15,17,22H,5,9-12,16H2,1-4H3,(H2,29,30)(H,31,34);4-6,11,13,16,20H,7-10,12H2,1-3H3;4-6,11,13H,7-10,12H2,1-3H3;3,5H,2,4H2,1H3,(H2,11,12)(H,14,15);;;/q;;;;;+1;-1/t17-,22+;13-,16+;13-;;;;/m000..../s1. The number of aryl methyl sites for hydroxylation is 2. The molecule has 2 saturated heterocycles. The number of carbonyl (C=O) groups is 4. The van der Waals surface area contributed by atoms with Gasteiger partial charge in [0.15, 0.2) is 0 Å². The Labute approximate surface area is 578 Å². The minimum absolute atomic E-state index is 0. The summed E-state index contributed by atoms with van der Waals surface area (Å²) in [4.78, 5) is 66.7. The molecule has 0 spiro atoms. The number of aliphatic imine (C=N–C) groups is 1. The Morgan fingerprint density at radius 1 is 0.660 bits per heavy atom. The van der Waals surface area contributed by atoms with Crippen LogP contribution >= 0.6 is 0 Å². The minimum atomic E-state index is -2.99. The second-order valence-electron chi connectivity index (χ2n) is 25.6. The SMILES string of the molecule is CCc1cc(CC(=O)C(=O)O)cnc1N.CCc1cc(NC(=O)C(=O)N2C[C@@H](C)CC[C@@H]2c2cccc(C(F)(F)CCN(C)C)c2)cnc1N.C[C@H]1CCC(c2cccc(C(F)(F)CCN(C)C)c2)=NC1.C[C@H]1CC[C@H](c2cccc(C(F)(F)CCN(C)C)c2)NC1.[B].[H-].[Na+]. The van der Waals surface area contributed by atoms with Crippen LogP contribution in [0.15, 0.2) is 102 Å². The van der Waals surface area contributed by atoms with E-state index in [1.807, 2.05) is 61.1 Å². The zero-order valence-corrected chi connectivity index (χ0v) is 59.1. The third-order valence-corrected chi connectivity index (χ3v) is 16.7. The Kier molecular flexibility index (Phi) is 33.6. The summed E-state index contributed by atoms with van der Waals surface area (Å²) in [6, 6.07) is 23.1. The van der Waals surface area contributed by atoms with Crippen molar-refractivity contribution in [3.05, 3.63) is 147 Å². The number of nitrogens with two attached hydrogens (primary N) is 2. The molecule has 5 aromatic rings. The number of aromatic nitrogens is 2. The van der Waals surface area contributed by atoms with Gasteiger partial charge in [-0.05, 0) is 176 Å². The molecule has 2 aromatic heterocycles. The summed E-state index contributed by atoms with van der Waals surface area (Å²) in [7, 11) is 10.8. The van der Waals surface area contributed by atoms with E-state index in [4.69, 9.17) is 16.6 Å². The molecule has 3 aliphatic heterocycles. The van der Waals surface area contributed by atoms with Crippen molar-refractivity contribution in [3.63, 3.8) is 0 Å². The molecule has 0 bridgehead atoms. The number of amides is 2. The topological polar surface area (TPSA) is 216 Å². The summed E-state index contributed by atoms with van der Waals surface area (Å²) in [6.07, 6.45) is 9.00. The van der Waals surface area contributed by atoms with E-state index in [1.54, 1.807) is 83.4 Å². The minimum Gasteiger partial charge on any atom is -1.00 e. The molecule has 3 aromatic carbocycles. The average Bonchev–Trinajstić information content (AvgIpc) is 0.801. The van der Waals surface area contributed by atoms with E-state index in [0.717, 1.165) is 73.2 Å². The van der Waals surface area contributed by atoms with Gasteiger partial charge in [0.05, 0.1) is 17.9 Å². The zero-order valence-electron chi connectivity index (χ0n) is 58.1. The number of carboxylic acids is 1. The number of Topliss-reactive ketones (excluding diaryl/α,β-unsaturated/α-hetero) is 1. The first-order valence-electron chi connectivity index (χ1n) is 31.8. The molecule has 5 atom stereocenters. The van der Waals surface area contributed by atoms with Crippen LogP contribution in [0.5, 0.6) is 0 Å². The number of halogens is 6. The van der Waals surface area contributed by atoms with E-state index in [1.165, 1.54) is 35.5 Å². The molecule has 2 amide bonds. The molecule has 8 rings (SSSR count). The molecular formula is C70H98BF6N11NaO5. The Bertz CT molecular complexity index is 3270. The first-order valence-corrected chi connectivity index (χ1v) is 31.8. The number of alkyl halides is 6. The number of nitrogen functional groups attached to an aromatic ring is 2. The van der Waals surface area contributed by atoms with E-state index >= 15 is 0 Å². The van der Waals surface area contributed by atoms with Gasteiger partial charge in [-0.2, -0.15) is 0 Å². The third kappa shape index (κ3) is 25.7. The zero-order chi connectivity index (χ0) is 68.1. The predicted molar refractivity (Wildman–Crippen MR) is 360 cm³/mol. The smallest absolute Gasteiger partial charge is 1.00 e. The Morgan fingerprint density at radius 3 is 1.66 bits per heavy atom. The Morgan fingerprint density at radius 2 is 1.16 bits per heavy atom. The molecule has 3 aliphatic rings. The van der Waals surface area contributed by atoms with Gasteiger partial charge < -0.3 is 48.2 Å². The molecule has 5 heterocycles. The number of nitrogens with zero attached hydrogens (tertiary/aromatic N) is 7. The molecular weight excluding hydrogens is 1220 g/mol. The van der Waals surface area contributed by atoms with Crippen LogP contribution in [0.25, 0.3) is 0 Å². The fourth-order valence-electron chi connectivity index (χ4n) is 10.9. The molecule has 94 heavy (non-hydrogen) atoms. The molecule has 2 fully saturated rings. The quantitative estimate of drug-likeness (QED) is 0.0264. The monoisotopic (exact) mass is 1320 g/mol. The number of nitrogens with one attached hydrogen (secondary N) is 2. The van der Waals surface area contributed by atoms with E-state index in [-0.39, 0.29) is 100 Å². The van der Waals surface area contributed by atoms with E-state index in [9.17, 15) is 45.5 Å². The van der Waals surface area contributed by atoms with Gasteiger partial charge in [-0.3, -0.25) is 19.4 Å². The number of aliphatic carboxylic acids is 1. The maximum atomic E-state index is 14.9. The molecule has 0 unspecified atom stereocenters. The fraction of sp³-hybridized carbons (Fsp3) is 0.529. The third-order valence-electron chi connectivity index (χ3n) is 16.7. The van der Waals surface area contributed by atoms with Crippen LogP contribution < -0.4 is 51.7 Å². The van der Waals surface area contributed by atoms with Gasteiger partial charge in [0.1, 0.15) is 11.6 Å². The van der Waals surface area contributed by atoms with Crippen LogP contribution in [-0.2, 0) is 56.2 Å². The van der Waals surface area contributed by atoms with E-state index < -0.39 is 47.4 Å². The summed E-state index contributed by atoms with van der Waals surface area (Å²) in [5.41, 5.74) is 17.6. The molecule has 0 aliphatic carbocycles. The van der Waals surface area contributed by atoms with Gasteiger partial charge in [-0.1, -0.05) is 95.3 Å². The number of anilines is 3. The van der Waals surface area contributed by atoms with Gasteiger partial charge in [-0.15, -0.1) is 0 Å². The summed E-state index contributed by atoms with van der Waals surface area (Å²) >= 11 is 0. The normalized spacial score (nSPS) is 18.1. The number of hydrogen-bond donors (Lipinski definition) is 5. The number of hydrogen-bond acceptors (Lipinski definition) is 13. The Hall–Kier alpha value is -6.21. The van der Waals surface area contributed by atoms with Crippen molar-refractivity contribution in [2.24, 2.45) is 22.7 Å². The van der Waals surface area contributed by atoms with Gasteiger partial charge in [0.25, 0.3) is 17.8 Å². The summed E-state index contributed by atoms with van der Waals surface area (Å²) < 4.78 is 86.8. The van der Waals surface area contributed by atoms with Crippen molar-refractivity contribution in [1.29, 1.82) is 0 Å². The fourth-order valence-corrected chi connectivity index (χ4v) is 10.9. The number of piperidine rings is 2. The Balaban J connectivity index is 0.000000448. The van der Waals surface area contributed by atoms with Crippen LogP contribution in [0.3, 0.4) is 0 Å². The molecule has 3 radical (unpaired) electrons. The number of ketones is 1. The van der Waals surface area contributed by atoms with Crippen LogP contribution in [0.4, 0.5) is 43.7 Å². The largest absolute Gasteiger partial charge is 1.00 e. The van der Waals surface area contributed by atoms with Gasteiger partial charge in [-0.25, -0.2) is 41.1 Å². The van der Waals surface area contributed by atoms with E-state index in [0.29, 0.717) is 79.2 Å². The first kappa shape index (κ1) is 82.0. The van der Waals surface area contributed by atoms with Crippen molar-refractivity contribution in [2.45, 2.75) is 142 Å². The predicted octanol–water partition coefficient (Wildman–Crippen LogP) is 9.11. The van der Waals surface area contributed by atoms with Crippen LogP contribution in [0.1, 0.15) is 156 Å². The van der Waals surface area contributed by atoms with E-state index in [2.05, 4.69) is 39.4 Å². The van der Waals surface area contributed by atoms with Crippen molar-refractivity contribution in [2.75, 3.05) is 98.3 Å². The van der Waals surface area contributed by atoms with Gasteiger partial charge in [0, 0.05) is 101 Å². The number of pyridine rings is 2. The van der Waals surface area contributed by atoms with Gasteiger partial charge in [0.2, 0.25) is 5.78 Å². The van der Waals surface area contributed by atoms with Crippen LogP contribution in [0.2, 0.25) is 0 Å². The number of carboxylic acid groups (broad SMARTS) is 1. The molecule has 16 nitrogen and oxygen atoms in total. The van der Waals surface area contributed by atoms with Crippen molar-refractivity contribution in [3.8, 4) is 0 Å². The number of carbonyl (C=O) groups excluding carboxylic acids is 3. The number of rotatable bonds is 21. The first-order chi connectivity index (χ1) is 43.3. The van der Waals surface area contributed by atoms with Crippen molar-refractivity contribution in [1.82, 2.24) is 34.9 Å². The van der Waals surface area contributed by atoms with Crippen molar-refractivity contribution < 1.29 is 81.6 Å².